The Balaban J connectivity index is 1.64. The van der Waals surface area contributed by atoms with Crippen molar-refractivity contribution in [2.75, 3.05) is 13.7 Å². The SMILES string of the molecule is COc1ccc(C(=O)NCCC2=CCCCC2)cc1COc1ccccc1C(C)C. The second kappa shape index (κ2) is 10.9. The van der Waals surface area contributed by atoms with Crippen LogP contribution in [0.15, 0.2) is 54.1 Å². The molecule has 0 bridgehead atoms. The molecule has 0 saturated carbocycles. The number of methoxy groups -OCH3 is 1. The third-order valence-electron chi connectivity index (χ3n) is 5.58. The number of carbonyl (C=O) groups is 1. The Kier molecular flexibility index (Phi) is 7.95. The lowest BCUT2D eigenvalue weighted by atomic mass is 9.97. The molecular formula is C26H33NO3. The lowest BCUT2D eigenvalue weighted by Crippen LogP contribution is -2.25. The van der Waals surface area contributed by atoms with Crippen molar-refractivity contribution in [1.29, 1.82) is 0 Å². The zero-order valence-corrected chi connectivity index (χ0v) is 18.4. The summed E-state index contributed by atoms with van der Waals surface area (Å²) in [4.78, 5) is 12.6. The minimum Gasteiger partial charge on any atom is -0.496 e. The fourth-order valence-corrected chi connectivity index (χ4v) is 3.85. The van der Waals surface area contributed by atoms with Gasteiger partial charge in [-0.2, -0.15) is 0 Å². The van der Waals surface area contributed by atoms with Crippen molar-refractivity contribution in [2.24, 2.45) is 0 Å². The normalized spacial score (nSPS) is 13.7. The fraction of sp³-hybridized carbons (Fsp3) is 0.423. The summed E-state index contributed by atoms with van der Waals surface area (Å²) in [6, 6.07) is 13.6. The molecule has 0 aromatic heterocycles. The summed E-state index contributed by atoms with van der Waals surface area (Å²) in [6.07, 6.45) is 8.15. The number of hydrogen-bond acceptors (Lipinski definition) is 3. The maximum absolute atomic E-state index is 12.6. The first-order chi connectivity index (χ1) is 14.6. The Labute approximate surface area is 180 Å². The molecule has 0 aliphatic heterocycles. The highest BCUT2D eigenvalue weighted by Gasteiger charge is 2.13. The van der Waals surface area contributed by atoms with Gasteiger partial charge >= 0.3 is 0 Å². The van der Waals surface area contributed by atoms with E-state index < -0.39 is 0 Å². The molecule has 0 atom stereocenters. The summed E-state index contributed by atoms with van der Waals surface area (Å²) in [5.74, 6) is 1.91. The van der Waals surface area contributed by atoms with Gasteiger partial charge in [0.15, 0.2) is 0 Å². The first kappa shape index (κ1) is 21.9. The van der Waals surface area contributed by atoms with Crippen LogP contribution in [0.4, 0.5) is 0 Å². The molecule has 1 aliphatic rings. The van der Waals surface area contributed by atoms with E-state index in [2.05, 4.69) is 31.3 Å². The van der Waals surface area contributed by atoms with Crippen molar-refractivity contribution in [1.82, 2.24) is 5.32 Å². The second-order valence-corrected chi connectivity index (χ2v) is 8.12. The number of para-hydroxylation sites is 1. The van der Waals surface area contributed by atoms with Crippen LogP contribution in [-0.4, -0.2) is 19.6 Å². The molecule has 4 nitrogen and oxygen atoms in total. The van der Waals surface area contributed by atoms with E-state index in [1.807, 2.05) is 30.3 Å². The maximum atomic E-state index is 12.6. The lowest BCUT2D eigenvalue weighted by Gasteiger charge is -2.16. The topological polar surface area (TPSA) is 47.6 Å². The van der Waals surface area contributed by atoms with Crippen LogP contribution in [0.25, 0.3) is 0 Å². The van der Waals surface area contributed by atoms with Gasteiger partial charge in [-0.1, -0.05) is 43.7 Å². The first-order valence-corrected chi connectivity index (χ1v) is 10.9. The van der Waals surface area contributed by atoms with Crippen LogP contribution >= 0.6 is 0 Å². The Bertz CT molecular complexity index is 886. The van der Waals surface area contributed by atoms with Crippen molar-refractivity contribution >= 4 is 5.91 Å². The van der Waals surface area contributed by atoms with E-state index in [1.165, 1.54) is 30.4 Å². The Morgan fingerprint density at radius 3 is 2.67 bits per heavy atom. The van der Waals surface area contributed by atoms with Gasteiger partial charge in [-0.15, -0.1) is 0 Å². The van der Waals surface area contributed by atoms with Gasteiger partial charge in [0.25, 0.3) is 5.91 Å². The molecule has 30 heavy (non-hydrogen) atoms. The number of rotatable bonds is 9. The molecule has 4 heteroatoms. The first-order valence-electron chi connectivity index (χ1n) is 10.9. The van der Waals surface area contributed by atoms with Gasteiger partial charge in [0, 0.05) is 17.7 Å². The minimum absolute atomic E-state index is 0.0575. The van der Waals surface area contributed by atoms with Crippen LogP contribution < -0.4 is 14.8 Å². The van der Waals surface area contributed by atoms with Crippen molar-refractivity contribution in [3.05, 3.63) is 70.8 Å². The highest BCUT2D eigenvalue weighted by Crippen LogP contribution is 2.28. The van der Waals surface area contributed by atoms with Gasteiger partial charge in [0.2, 0.25) is 0 Å². The Morgan fingerprint density at radius 2 is 1.93 bits per heavy atom. The third-order valence-corrected chi connectivity index (χ3v) is 5.58. The van der Waals surface area contributed by atoms with Gasteiger partial charge in [-0.3, -0.25) is 4.79 Å². The van der Waals surface area contributed by atoms with E-state index in [1.54, 1.807) is 13.2 Å². The molecule has 160 valence electrons. The standard InChI is InChI=1S/C26H33NO3/c1-19(2)23-11-7-8-12-25(23)30-18-22-17-21(13-14-24(22)29-3)26(28)27-16-15-20-9-5-4-6-10-20/h7-9,11-14,17,19H,4-6,10,15-16,18H2,1-3H3,(H,27,28). The molecule has 1 amide bonds. The van der Waals surface area contributed by atoms with Gasteiger partial charge in [-0.25, -0.2) is 0 Å². The number of carbonyl (C=O) groups excluding carboxylic acids is 1. The molecular weight excluding hydrogens is 374 g/mol. The molecule has 3 rings (SSSR count). The number of allylic oxidation sites excluding steroid dienone is 1. The van der Waals surface area contributed by atoms with E-state index in [-0.39, 0.29) is 5.91 Å². The van der Waals surface area contributed by atoms with Crippen molar-refractivity contribution < 1.29 is 14.3 Å². The molecule has 0 heterocycles. The smallest absolute Gasteiger partial charge is 0.251 e. The molecule has 1 N–H and O–H groups in total. The highest BCUT2D eigenvalue weighted by molar-refractivity contribution is 5.94. The zero-order valence-electron chi connectivity index (χ0n) is 18.4. The molecule has 0 radical (unpaired) electrons. The summed E-state index contributed by atoms with van der Waals surface area (Å²) in [5.41, 5.74) is 4.12. The van der Waals surface area contributed by atoms with E-state index in [0.717, 1.165) is 29.9 Å². The van der Waals surface area contributed by atoms with Crippen LogP contribution in [0.5, 0.6) is 11.5 Å². The quantitative estimate of drug-likeness (QED) is 0.517. The predicted molar refractivity (Wildman–Crippen MR) is 121 cm³/mol. The van der Waals surface area contributed by atoms with Crippen molar-refractivity contribution in [3.8, 4) is 11.5 Å². The molecule has 0 saturated heterocycles. The third kappa shape index (κ3) is 5.88. The van der Waals surface area contributed by atoms with Gasteiger partial charge in [-0.05, 0) is 67.9 Å². The Hall–Kier alpha value is -2.75. The van der Waals surface area contributed by atoms with E-state index in [9.17, 15) is 4.79 Å². The van der Waals surface area contributed by atoms with Gasteiger partial charge in [0.05, 0.1) is 7.11 Å². The summed E-state index contributed by atoms with van der Waals surface area (Å²) >= 11 is 0. The second-order valence-electron chi connectivity index (χ2n) is 8.12. The molecule has 1 aliphatic carbocycles. The van der Waals surface area contributed by atoms with Crippen molar-refractivity contribution in [2.45, 2.75) is 58.5 Å². The number of nitrogens with one attached hydrogen (secondary N) is 1. The molecule has 2 aromatic rings. The molecule has 0 spiro atoms. The fourth-order valence-electron chi connectivity index (χ4n) is 3.85. The number of benzene rings is 2. The minimum atomic E-state index is -0.0575. The van der Waals surface area contributed by atoms with Crippen LogP contribution in [0.3, 0.4) is 0 Å². The van der Waals surface area contributed by atoms with Gasteiger partial charge in [0.1, 0.15) is 18.1 Å². The summed E-state index contributed by atoms with van der Waals surface area (Å²) < 4.78 is 11.6. The molecule has 0 fully saturated rings. The van der Waals surface area contributed by atoms with Crippen LogP contribution in [0, 0.1) is 0 Å². The predicted octanol–water partition coefficient (Wildman–Crippen LogP) is 6.02. The summed E-state index contributed by atoms with van der Waals surface area (Å²) in [6.45, 7) is 5.32. The average molecular weight is 408 g/mol. The largest absolute Gasteiger partial charge is 0.496 e. The summed E-state index contributed by atoms with van der Waals surface area (Å²) in [5, 5.41) is 3.05. The highest BCUT2D eigenvalue weighted by atomic mass is 16.5. The number of ether oxygens (including phenoxy) is 2. The Morgan fingerprint density at radius 1 is 1.10 bits per heavy atom. The zero-order chi connectivity index (χ0) is 21.3. The number of amides is 1. The van der Waals surface area contributed by atoms with E-state index in [0.29, 0.717) is 24.6 Å². The molecule has 2 aromatic carbocycles. The van der Waals surface area contributed by atoms with E-state index >= 15 is 0 Å². The summed E-state index contributed by atoms with van der Waals surface area (Å²) in [7, 11) is 1.64. The van der Waals surface area contributed by atoms with Crippen molar-refractivity contribution in [3.63, 3.8) is 0 Å². The van der Waals surface area contributed by atoms with Crippen LogP contribution in [-0.2, 0) is 6.61 Å². The molecule has 0 unspecified atom stereocenters. The average Bonchev–Trinajstić information content (AvgIpc) is 2.78. The van der Waals surface area contributed by atoms with Gasteiger partial charge < -0.3 is 14.8 Å². The lowest BCUT2D eigenvalue weighted by molar-refractivity contribution is 0.0954. The monoisotopic (exact) mass is 407 g/mol. The van der Waals surface area contributed by atoms with E-state index in [4.69, 9.17) is 9.47 Å². The number of hydrogen-bond donors (Lipinski definition) is 1. The van der Waals surface area contributed by atoms with Crippen LogP contribution in [0.1, 0.15) is 73.4 Å². The van der Waals surface area contributed by atoms with Crippen LogP contribution in [0.2, 0.25) is 0 Å². The maximum Gasteiger partial charge on any atom is 0.251 e.